The van der Waals surface area contributed by atoms with E-state index in [1.807, 2.05) is 49.5 Å². The molecule has 1 aromatic heterocycles. The molecule has 0 fully saturated rings. The first-order valence-electron chi connectivity index (χ1n) is 6.30. The van der Waals surface area contributed by atoms with E-state index in [9.17, 15) is 5.11 Å². The number of aromatic nitrogens is 1. The molecule has 0 amide bonds. The van der Waals surface area contributed by atoms with Gasteiger partial charge in [-0.15, -0.1) is 11.8 Å². The molecule has 0 radical (unpaired) electrons. The van der Waals surface area contributed by atoms with Crippen molar-refractivity contribution in [2.45, 2.75) is 10.6 Å². The normalized spacial score (nSPS) is 13.9. The Morgan fingerprint density at radius 2 is 2.00 bits per heavy atom. The Balaban J connectivity index is 2.15. The summed E-state index contributed by atoms with van der Waals surface area (Å²) in [5.41, 5.74) is 0.621. The quantitative estimate of drug-likeness (QED) is 0.784. The summed E-state index contributed by atoms with van der Waals surface area (Å²) in [6, 6.07) is 13.9. The van der Waals surface area contributed by atoms with E-state index >= 15 is 0 Å². The van der Waals surface area contributed by atoms with E-state index in [1.165, 1.54) is 0 Å². The average Bonchev–Trinajstić information content (AvgIpc) is 2.51. The number of thioether (sulfide) groups is 1. The molecular weight excluding hydrogens is 336 g/mol. The summed E-state index contributed by atoms with van der Waals surface area (Å²) in [6.07, 6.45) is 1.78. The molecule has 0 saturated heterocycles. The van der Waals surface area contributed by atoms with Crippen LogP contribution in [0.5, 0.6) is 0 Å². The minimum absolute atomic E-state index is 0.0387. The molecule has 0 saturated carbocycles. The van der Waals surface area contributed by atoms with Crippen molar-refractivity contribution in [3.8, 4) is 0 Å². The summed E-state index contributed by atoms with van der Waals surface area (Å²) in [5, 5.41) is 14.0. The van der Waals surface area contributed by atoms with Crippen LogP contribution in [-0.4, -0.2) is 29.5 Å². The fourth-order valence-corrected chi connectivity index (χ4v) is 3.24. The van der Waals surface area contributed by atoms with Crippen molar-refractivity contribution >= 4 is 27.7 Å². The van der Waals surface area contributed by atoms with E-state index < -0.39 is 5.54 Å². The van der Waals surface area contributed by atoms with Crippen LogP contribution in [0.3, 0.4) is 0 Å². The fraction of sp³-hybridized carbons (Fsp3) is 0.267. The Morgan fingerprint density at radius 1 is 1.25 bits per heavy atom. The average molecular weight is 353 g/mol. The first kappa shape index (κ1) is 15.5. The molecule has 1 unspecified atom stereocenters. The Labute approximate surface area is 132 Å². The number of rotatable bonds is 6. The molecule has 1 atom stereocenters. The summed E-state index contributed by atoms with van der Waals surface area (Å²) >= 11 is 5.00. The number of pyridine rings is 1. The highest BCUT2D eigenvalue weighted by Gasteiger charge is 2.29. The number of aliphatic hydroxyl groups is 1. The number of halogens is 1. The van der Waals surface area contributed by atoms with E-state index in [1.54, 1.807) is 18.0 Å². The van der Waals surface area contributed by atoms with Gasteiger partial charge in [0.2, 0.25) is 0 Å². The maximum Gasteiger partial charge on any atom is 0.0961 e. The van der Waals surface area contributed by atoms with Gasteiger partial charge in [-0.2, -0.15) is 0 Å². The zero-order valence-electron chi connectivity index (χ0n) is 11.2. The monoisotopic (exact) mass is 352 g/mol. The van der Waals surface area contributed by atoms with Crippen molar-refractivity contribution < 1.29 is 5.11 Å². The number of nitrogens with zero attached hydrogens (tertiary/aromatic N) is 1. The molecule has 5 heteroatoms. The lowest BCUT2D eigenvalue weighted by atomic mass is 9.93. The molecule has 1 aromatic carbocycles. The van der Waals surface area contributed by atoms with Gasteiger partial charge in [0.05, 0.1) is 17.2 Å². The van der Waals surface area contributed by atoms with Crippen LogP contribution in [0.15, 0.2) is 58.2 Å². The first-order valence-corrected chi connectivity index (χ1v) is 8.08. The van der Waals surface area contributed by atoms with Crippen LogP contribution in [0.1, 0.15) is 5.56 Å². The highest BCUT2D eigenvalue weighted by molar-refractivity contribution is 9.10. The second kappa shape index (κ2) is 7.22. The van der Waals surface area contributed by atoms with Crippen LogP contribution in [0.2, 0.25) is 0 Å². The Kier molecular flexibility index (Phi) is 5.60. The summed E-state index contributed by atoms with van der Waals surface area (Å²) < 4.78 is 0.965. The number of benzene rings is 1. The van der Waals surface area contributed by atoms with E-state index in [-0.39, 0.29) is 6.61 Å². The number of likely N-dealkylation sites (N-methyl/N-ethyl adjacent to an activating group) is 1. The first-order chi connectivity index (χ1) is 9.70. The zero-order valence-corrected chi connectivity index (χ0v) is 13.6. The van der Waals surface area contributed by atoms with Gasteiger partial charge >= 0.3 is 0 Å². The van der Waals surface area contributed by atoms with Gasteiger partial charge in [0.1, 0.15) is 0 Å². The minimum atomic E-state index is -0.458. The molecule has 0 aliphatic rings. The molecule has 3 nitrogen and oxygen atoms in total. The number of hydrogen-bond acceptors (Lipinski definition) is 4. The molecule has 0 spiro atoms. The second-order valence-corrected chi connectivity index (χ2v) is 6.37. The SMILES string of the molecule is CNC(CO)(CSc1ccc(Br)cn1)c1ccccc1. The van der Waals surface area contributed by atoms with Gasteiger partial charge in [-0.3, -0.25) is 0 Å². The minimum Gasteiger partial charge on any atom is -0.394 e. The van der Waals surface area contributed by atoms with E-state index in [2.05, 4.69) is 26.2 Å². The third-order valence-electron chi connectivity index (χ3n) is 3.24. The van der Waals surface area contributed by atoms with Crippen molar-refractivity contribution in [2.24, 2.45) is 0 Å². The van der Waals surface area contributed by atoms with E-state index in [0.717, 1.165) is 15.1 Å². The number of aliphatic hydroxyl groups excluding tert-OH is 1. The molecule has 0 aliphatic carbocycles. The van der Waals surface area contributed by atoms with Crippen molar-refractivity contribution in [3.05, 3.63) is 58.7 Å². The lowest BCUT2D eigenvalue weighted by Crippen LogP contribution is -2.45. The maximum atomic E-state index is 9.85. The zero-order chi connectivity index (χ0) is 14.4. The Morgan fingerprint density at radius 3 is 2.55 bits per heavy atom. The van der Waals surface area contributed by atoms with Crippen LogP contribution in [0.4, 0.5) is 0 Å². The molecule has 2 rings (SSSR count). The van der Waals surface area contributed by atoms with Gasteiger partial charge in [0.15, 0.2) is 0 Å². The number of hydrogen-bond donors (Lipinski definition) is 2. The van der Waals surface area contributed by atoms with Crippen molar-refractivity contribution in [1.29, 1.82) is 0 Å². The lowest BCUT2D eigenvalue weighted by molar-refractivity contribution is 0.187. The Bertz CT molecular complexity index is 529. The molecule has 20 heavy (non-hydrogen) atoms. The topological polar surface area (TPSA) is 45.1 Å². The molecular formula is C15H17BrN2OS. The van der Waals surface area contributed by atoms with Crippen molar-refractivity contribution in [1.82, 2.24) is 10.3 Å². The van der Waals surface area contributed by atoms with Crippen LogP contribution >= 0.6 is 27.7 Å². The molecule has 2 aromatic rings. The van der Waals surface area contributed by atoms with Crippen LogP contribution in [-0.2, 0) is 5.54 Å². The largest absolute Gasteiger partial charge is 0.394 e. The Hall–Kier alpha value is -0.880. The molecule has 106 valence electrons. The van der Waals surface area contributed by atoms with Gasteiger partial charge in [-0.25, -0.2) is 4.98 Å². The highest BCUT2D eigenvalue weighted by atomic mass is 79.9. The van der Waals surface area contributed by atoms with Gasteiger partial charge in [0, 0.05) is 16.4 Å². The molecule has 1 heterocycles. The van der Waals surface area contributed by atoms with Crippen LogP contribution in [0.25, 0.3) is 0 Å². The third kappa shape index (κ3) is 3.61. The van der Waals surface area contributed by atoms with Crippen LogP contribution in [0, 0.1) is 0 Å². The predicted octanol–water partition coefficient (Wildman–Crippen LogP) is 3.04. The smallest absolute Gasteiger partial charge is 0.0961 e. The molecule has 0 bridgehead atoms. The van der Waals surface area contributed by atoms with E-state index in [4.69, 9.17) is 0 Å². The standard InChI is InChI=1S/C15H17BrN2OS/c1-17-15(10-19,12-5-3-2-4-6-12)11-20-14-8-7-13(16)9-18-14/h2-9,17,19H,10-11H2,1H3. The fourth-order valence-electron chi connectivity index (χ4n) is 1.92. The summed E-state index contributed by atoms with van der Waals surface area (Å²) in [6.45, 7) is 0.0387. The predicted molar refractivity (Wildman–Crippen MR) is 86.9 cm³/mol. The van der Waals surface area contributed by atoms with Gasteiger partial charge in [-0.1, -0.05) is 30.3 Å². The highest BCUT2D eigenvalue weighted by Crippen LogP contribution is 2.28. The van der Waals surface area contributed by atoms with Crippen molar-refractivity contribution in [3.63, 3.8) is 0 Å². The summed E-state index contributed by atoms with van der Waals surface area (Å²) in [5.74, 6) is 0.707. The van der Waals surface area contributed by atoms with Gasteiger partial charge < -0.3 is 10.4 Å². The van der Waals surface area contributed by atoms with E-state index in [0.29, 0.717) is 5.75 Å². The van der Waals surface area contributed by atoms with Gasteiger partial charge in [0.25, 0.3) is 0 Å². The summed E-state index contributed by atoms with van der Waals surface area (Å²) in [4.78, 5) is 4.35. The van der Waals surface area contributed by atoms with Gasteiger partial charge in [-0.05, 0) is 40.7 Å². The van der Waals surface area contributed by atoms with Crippen molar-refractivity contribution in [2.75, 3.05) is 19.4 Å². The second-order valence-electron chi connectivity index (χ2n) is 4.46. The molecule has 0 aliphatic heterocycles. The van der Waals surface area contributed by atoms with Crippen LogP contribution < -0.4 is 5.32 Å². The maximum absolute atomic E-state index is 9.85. The number of nitrogens with one attached hydrogen (secondary N) is 1. The molecule has 2 N–H and O–H groups in total. The summed E-state index contributed by atoms with van der Waals surface area (Å²) in [7, 11) is 1.87. The lowest BCUT2D eigenvalue weighted by Gasteiger charge is -2.31. The third-order valence-corrected chi connectivity index (χ3v) is 4.89.